The Hall–Kier alpha value is -1.51. The maximum Gasteiger partial charge on any atom is 0.282 e. The van der Waals surface area contributed by atoms with Crippen LogP contribution in [0, 0.1) is 0 Å². The van der Waals surface area contributed by atoms with E-state index in [0.717, 1.165) is 18.4 Å². The maximum absolute atomic E-state index is 12.5. The average Bonchev–Trinajstić information content (AvgIpc) is 3.16. The molecule has 0 radical (unpaired) electrons. The average molecular weight is 352 g/mol. The minimum absolute atomic E-state index is 0.0806. The lowest BCUT2D eigenvalue weighted by molar-refractivity contribution is -0.132. The first-order valence-electron chi connectivity index (χ1n) is 8.49. The molecule has 0 unspecified atom stereocenters. The standard InChI is InChI=1S/C16H24N4O3S/c21-16(6-5-15-4-3-7-17-14-15)18-10-12-20(13-11-18)24(22,23)19-8-1-2-9-19/h3-4,7,14H,1-2,5-6,8-13H2. The lowest BCUT2D eigenvalue weighted by Gasteiger charge is -2.35. The molecule has 3 heterocycles. The molecule has 3 rings (SSSR count). The van der Waals surface area contributed by atoms with E-state index in [4.69, 9.17) is 0 Å². The van der Waals surface area contributed by atoms with Crippen molar-refractivity contribution in [2.75, 3.05) is 39.3 Å². The van der Waals surface area contributed by atoms with Gasteiger partial charge in [0.15, 0.2) is 0 Å². The van der Waals surface area contributed by atoms with Crippen LogP contribution in [0.15, 0.2) is 24.5 Å². The van der Waals surface area contributed by atoms with Crippen LogP contribution in [-0.4, -0.2) is 72.1 Å². The Morgan fingerprint density at radius 3 is 2.33 bits per heavy atom. The molecule has 2 fully saturated rings. The molecule has 2 aliphatic rings. The number of aryl methyl sites for hydroxylation is 1. The second-order valence-electron chi connectivity index (χ2n) is 6.26. The number of carbonyl (C=O) groups excluding carboxylic acids is 1. The maximum atomic E-state index is 12.5. The Bertz CT molecular complexity index is 651. The summed E-state index contributed by atoms with van der Waals surface area (Å²) in [6.07, 6.45) is 6.46. The Morgan fingerprint density at radius 2 is 1.71 bits per heavy atom. The molecule has 0 aromatic carbocycles. The first-order valence-corrected chi connectivity index (χ1v) is 9.89. The predicted molar refractivity (Wildman–Crippen MR) is 90.4 cm³/mol. The Labute approximate surface area is 143 Å². The predicted octanol–water partition coefficient (Wildman–Crippen LogP) is 0.499. The molecule has 7 nitrogen and oxygen atoms in total. The molecule has 0 spiro atoms. The summed E-state index contributed by atoms with van der Waals surface area (Å²) in [5, 5.41) is 0. The SMILES string of the molecule is O=C(CCc1cccnc1)N1CCN(S(=O)(=O)N2CCCC2)CC1. The normalized spacial score (nSPS) is 20.4. The topological polar surface area (TPSA) is 73.8 Å². The second-order valence-corrected chi connectivity index (χ2v) is 8.18. The molecule has 2 saturated heterocycles. The summed E-state index contributed by atoms with van der Waals surface area (Å²) in [5.41, 5.74) is 1.04. The van der Waals surface area contributed by atoms with Crippen molar-refractivity contribution in [2.45, 2.75) is 25.7 Å². The highest BCUT2D eigenvalue weighted by Gasteiger charge is 2.34. The molecule has 1 amide bonds. The van der Waals surface area contributed by atoms with E-state index in [2.05, 4.69) is 4.98 Å². The van der Waals surface area contributed by atoms with Crippen molar-refractivity contribution in [3.63, 3.8) is 0 Å². The van der Waals surface area contributed by atoms with Gasteiger partial charge in [-0.1, -0.05) is 6.07 Å². The second kappa shape index (κ2) is 7.58. The molecule has 24 heavy (non-hydrogen) atoms. The van der Waals surface area contributed by atoms with E-state index < -0.39 is 10.2 Å². The van der Waals surface area contributed by atoms with Crippen LogP contribution >= 0.6 is 0 Å². The van der Waals surface area contributed by atoms with Crippen molar-refractivity contribution in [3.05, 3.63) is 30.1 Å². The van der Waals surface area contributed by atoms with Gasteiger partial charge in [0.1, 0.15) is 0 Å². The van der Waals surface area contributed by atoms with Crippen LogP contribution in [0.1, 0.15) is 24.8 Å². The summed E-state index contributed by atoms with van der Waals surface area (Å²) >= 11 is 0. The Kier molecular flexibility index (Phi) is 5.47. The van der Waals surface area contributed by atoms with Crippen molar-refractivity contribution in [3.8, 4) is 0 Å². The van der Waals surface area contributed by atoms with Gasteiger partial charge in [-0.2, -0.15) is 17.0 Å². The van der Waals surface area contributed by atoms with Crippen LogP contribution in [0.25, 0.3) is 0 Å². The van der Waals surface area contributed by atoms with Gasteiger partial charge < -0.3 is 4.90 Å². The number of aromatic nitrogens is 1. The molecule has 1 aromatic heterocycles. The van der Waals surface area contributed by atoms with E-state index in [1.165, 1.54) is 4.31 Å². The number of hydrogen-bond donors (Lipinski definition) is 0. The molecule has 2 aliphatic heterocycles. The van der Waals surface area contributed by atoms with Gasteiger partial charge in [-0.25, -0.2) is 0 Å². The fourth-order valence-electron chi connectivity index (χ4n) is 3.21. The first kappa shape index (κ1) is 17.3. The van der Waals surface area contributed by atoms with Gasteiger partial charge in [-0.15, -0.1) is 0 Å². The summed E-state index contributed by atoms with van der Waals surface area (Å²) in [6.45, 7) is 2.95. The molecular weight excluding hydrogens is 328 g/mol. The molecule has 0 atom stereocenters. The van der Waals surface area contributed by atoms with E-state index in [1.807, 2.05) is 12.1 Å². The zero-order valence-corrected chi connectivity index (χ0v) is 14.6. The molecule has 0 saturated carbocycles. The van der Waals surface area contributed by atoms with Gasteiger partial charge in [0, 0.05) is 58.1 Å². The summed E-state index contributed by atoms with van der Waals surface area (Å²) in [7, 11) is -3.35. The lowest BCUT2D eigenvalue weighted by Crippen LogP contribution is -2.53. The van der Waals surface area contributed by atoms with Crippen molar-refractivity contribution in [1.82, 2.24) is 18.5 Å². The first-order chi connectivity index (χ1) is 11.6. The zero-order valence-electron chi connectivity index (χ0n) is 13.8. The molecule has 8 heteroatoms. The Balaban J connectivity index is 1.48. The van der Waals surface area contributed by atoms with Gasteiger partial charge in [-0.05, 0) is 30.9 Å². The third-order valence-electron chi connectivity index (χ3n) is 4.66. The number of carbonyl (C=O) groups is 1. The number of amides is 1. The van der Waals surface area contributed by atoms with Gasteiger partial charge in [-0.3, -0.25) is 9.78 Å². The van der Waals surface area contributed by atoms with Crippen molar-refractivity contribution in [2.24, 2.45) is 0 Å². The van der Waals surface area contributed by atoms with Crippen LogP contribution < -0.4 is 0 Å². The highest BCUT2D eigenvalue weighted by atomic mass is 32.2. The number of nitrogens with zero attached hydrogens (tertiary/aromatic N) is 4. The van der Waals surface area contributed by atoms with Crippen LogP contribution in [0.4, 0.5) is 0 Å². The number of rotatable bonds is 5. The molecule has 0 aliphatic carbocycles. The van der Waals surface area contributed by atoms with Crippen LogP contribution in [0.5, 0.6) is 0 Å². The van der Waals surface area contributed by atoms with Crippen LogP contribution in [0.3, 0.4) is 0 Å². The van der Waals surface area contributed by atoms with Gasteiger partial charge in [0.05, 0.1) is 0 Å². The zero-order chi connectivity index (χ0) is 17.0. The van der Waals surface area contributed by atoms with Crippen molar-refractivity contribution < 1.29 is 13.2 Å². The van der Waals surface area contributed by atoms with Crippen molar-refractivity contribution in [1.29, 1.82) is 0 Å². The van der Waals surface area contributed by atoms with Gasteiger partial charge in [0.2, 0.25) is 5.91 Å². The van der Waals surface area contributed by atoms with E-state index in [9.17, 15) is 13.2 Å². The lowest BCUT2D eigenvalue weighted by atomic mass is 10.1. The van der Waals surface area contributed by atoms with E-state index in [1.54, 1.807) is 21.6 Å². The fraction of sp³-hybridized carbons (Fsp3) is 0.625. The minimum atomic E-state index is -3.35. The van der Waals surface area contributed by atoms with E-state index in [-0.39, 0.29) is 5.91 Å². The quantitative estimate of drug-likeness (QED) is 0.773. The summed E-state index contributed by atoms with van der Waals surface area (Å²) < 4.78 is 28.1. The van der Waals surface area contributed by atoms with Gasteiger partial charge >= 0.3 is 0 Å². The fourth-order valence-corrected chi connectivity index (χ4v) is 4.88. The highest BCUT2D eigenvalue weighted by molar-refractivity contribution is 7.86. The Morgan fingerprint density at radius 1 is 1.04 bits per heavy atom. The molecule has 1 aromatic rings. The largest absolute Gasteiger partial charge is 0.340 e. The molecule has 132 valence electrons. The summed E-state index contributed by atoms with van der Waals surface area (Å²) in [5.74, 6) is 0.0806. The van der Waals surface area contributed by atoms with Crippen LogP contribution in [-0.2, 0) is 21.4 Å². The minimum Gasteiger partial charge on any atom is -0.340 e. The highest BCUT2D eigenvalue weighted by Crippen LogP contribution is 2.18. The molecule has 0 N–H and O–H groups in total. The van der Waals surface area contributed by atoms with Crippen molar-refractivity contribution >= 4 is 16.1 Å². The van der Waals surface area contributed by atoms with Gasteiger partial charge in [0.25, 0.3) is 10.2 Å². The number of piperazine rings is 1. The molecule has 0 bridgehead atoms. The number of pyridine rings is 1. The summed E-state index contributed by atoms with van der Waals surface area (Å²) in [4.78, 5) is 18.1. The van der Waals surface area contributed by atoms with E-state index >= 15 is 0 Å². The summed E-state index contributed by atoms with van der Waals surface area (Å²) in [6, 6.07) is 3.82. The third-order valence-corrected chi connectivity index (χ3v) is 6.69. The monoisotopic (exact) mass is 352 g/mol. The number of hydrogen-bond acceptors (Lipinski definition) is 4. The van der Waals surface area contributed by atoms with E-state index in [0.29, 0.717) is 52.1 Å². The smallest absolute Gasteiger partial charge is 0.282 e. The van der Waals surface area contributed by atoms with Crippen LogP contribution in [0.2, 0.25) is 0 Å². The third kappa shape index (κ3) is 3.93. The molecular formula is C16H24N4O3S.